The number of fused-ring (bicyclic) bond motifs is 1. The van der Waals surface area contributed by atoms with Gasteiger partial charge in [0.25, 0.3) is 0 Å². The van der Waals surface area contributed by atoms with E-state index < -0.39 is 17.2 Å². The molecule has 20 heavy (non-hydrogen) atoms. The molecule has 6 heteroatoms. The summed E-state index contributed by atoms with van der Waals surface area (Å²) in [5.74, 6) is -1.24. The van der Waals surface area contributed by atoms with Crippen LogP contribution in [0.5, 0.6) is 0 Å². The van der Waals surface area contributed by atoms with Gasteiger partial charge in [-0.25, -0.2) is 9.18 Å². The van der Waals surface area contributed by atoms with Crippen LogP contribution in [-0.4, -0.2) is 17.6 Å². The third-order valence-corrected chi connectivity index (χ3v) is 3.69. The summed E-state index contributed by atoms with van der Waals surface area (Å²) in [7, 11) is 1.26. The number of benzene rings is 1. The summed E-state index contributed by atoms with van der Waals surface area (Å²) in [6.45, 7) is 0. The maximum absolute atomic E-state index is 13.5. The third-order valence-electron chi connectivity index (χ3n) is 3.40. The van der Waals surface area contributed by atoms with Crippen molar-refractivity contribution in [3.05, 3.63) is 45.0 Å². The van der Waals surface area contributed by atoms with Crippen LogP contribution in [-0.2, 0) is 4.74 Å². The Bertz CT molecular complexity index is 780. The van der Waals surface area contributed by atoms with E-state index in [9.17, 15) is 14.0 Å². The number of carbonyl (C=O) groups is 1. The number of nitrogens with zero attached hydrogens (tertiary/aromatic N) is 1. The molecule has 1 aliphatic carbocycles. The van der Waals surface area contributed by atoms with Crippen LogP contribution in [0, 0.1) is 5.82 Å². The SMILES string of the molecule is COC(=O)c1cc(=O)c2cc(F)c(Cl)cc2n1C1CC1. The van der Waals surface area contributed by atoms with Crippen LogP contribution in [0.25, 0.3) is 10.9 Å². The summed E-state index contributed by atoms with van der Waals surface area (Å²) in [5.41, 5.74) is 0.217. The van der Waals surface area contributed by atoms with Crippen molar-refractivity contribution < 1.29 is 13.9 Å². The van der Waals surface area contributed by atoms with Crippen LogP contribution in [0.2, 0.25) is 5.02 Å². The predicted molar refractivity (Wildman–Crippen MR) is 72.8 cm³/mol. The minimum atomic E-state index is -0.649. The minimum Gasteiger partial charge on any atom is -0.464 e. The molecule has 0 bridgehead atoms. The predicted octanol–water partition coefficient (Wildman–Crippen LogP) is 2.92. The van der Waals surface area contributed by atoms with Gasteiger partial charge in [0.15, 0.2) is 5.43 Å². The Morgan fingerprint density at radius 3 is 2.70 bits per heavy atom. The van der Waals surface area contributed by atoms with Crippen LogP contribution in [0.1, 0.15) is 29.4 Å². The first-order valence-electron chi connectivity index (χ1n) is 6.15. The molecule has 1 heterocycles. The topological polar surface area (TPSA) is 48.3 Å². The van der Waals surface area contributed by atoms with E-state index >= 15 is 0 Å². The molecule has 1 saturated carbocycles. The van der Waals surface area contributed by atoms with E-state index in [0.717, 1.165) is 18.9 Å². The van der Waals surface area contributed by atoms with Gasteiger partial charge in [0.05, 0.1) is 17.6 Å². The van der Waals surface area contributed by atoms with Crippen molar-refractivity contribution in [3.63, 3.8) is 0 Å². The molecule has 1 aromatic heterocycles. The zero-order chi connectivity index (χ0) is 14.4. The molecule has 0 aliphatic heterocycles. The van der Waals surface area contributed by atoms with E-state index in [1.807, 2.05) is 0 Å². The molecule has 3 rings (SSSR count). The van der Waals surface area contributed by atoms with E-state index in [1.54, 1.807) is 4.57 Å². The molecule has 2 aromatic rings. The maximum Gasteiger partial charge on any atom is 0.354 e. The van der Waals surface area contributed by atoms with Crippen LogP contribution < -0.4 is 5.43 Å². The van der Waals surface area contributed by atoms with Gasteiger partial charge < -0.3 is 9.30 Å². The Kier molecular flexibility index (Phi) is 3.01. The van der Waals surface area contributed by atoms with E-state index in [-0.39, 0.29) is 22.1 Å². The lowest BCUT2D eigenvalue weighted by molar-refractivity contribution is 0.0588. The average molecular weight is 296 g/mol. The lowest BCUT2D eigenvalue weighted by Crippen LogP contribution is -2.18. The zero-order valence-corrected chi connectivity index (χ0v) is 11.4. The standard InChI is InChI=1S/C14H11ClFNO3/c1-20-14(19)12-6-13(18)8-4-10(16)9(15)5-11(8)17(12)7-2-3-7/h4-7H,2-3H2,1H3. The normalized spacial score (nSPS) is 14.6. The molecule has 0 amide bonds. The van der Waals surface area contributed by atoms with Gasteiger partial charge in [-0.2, -0.15) is 0 Å². The Hall–Kier alpha value is -1.88. The Morgan fingerprint density at radius 2 is 2.10 bits per heavy atom. The molecule has 0 unspecified atom stereocenters. The molecule has 1 aliphatic rings. The number of rotatable bonds is 2. The lowest BCUT2D eigenvalue weighted by atomic mass is 10.1. The number of hydrogen-bond acceptors (Lipinski definition) is 3. The number of aromatic nitrogens is 1. The first-order valence-corrected chi connectivity index (χ1v) is 6.53. The van der Waals surface area contributed by atoms with Crippen molar-refractivity contribution in [1.82, 2.24) is 4.57 Å². The fourth-order valence-corrected chi connectivity index (χ4v) is 2.48. The van der Waals surface area contributed by atoms with Crippen LogP contribution >= 0.6 is 11.6 Å². The molecule has 104 valence electrons. The smallest absolute Gasteiger partial charge is 0.354 e. The van der Waals surface area contributed by atoms with E-state index in [0.29, 0.717) is 5.52 Å². The maximum atomic E-state index is 13.5. The Morgan fingerprint density at radius 1 is 1.40 bits per heavy atom. The molecule has 4 nitrogen and oxygen atoms in total. The van der Waals surface area contributed by atoms with Gasteiger partial charge in [0, 0.05) is 17.5 Å². The summed E-state index contributed by atoms with van der Waals surface area (Å²) in [6, 6.07) is 3.81. The summed E-state index contributed by atoms with van der Waals surface area (Å²) < 4.78 is 20.0. The van der Waals surface area contributed by atoms with Gasteiger partial charge in [0.1, 0.15) is 11.5 Å². The highest BCUT2D eigenvalue weighted by molar-refractivity contribution is 6.31. The van der Waals surface area contributed by atoms with Gasteiger partial charge in [-0.1, -0.05) is 11.6 Å². The Labute approximate surface area is 118 Å². The van der Waals surface area contributed by atoms with Crippen LogP contribution in [0.4, 0.5) is 4.39 Å². The number of pyridine rings is 1. The van der Waals surface area contributed by atoms with Gasteiger partial charge in [-0.3, -0.25) is 4.79 Å². The van der Waals surface area contributed by atoms with Gasteiger partial charge in [-0.05, 0) is 25.0 Å². The summed E-state index contributed by atoms with van der Waals surface area (Å²) in [5, 5.41) is 0.139. The van der Waals surface area contributed by atoms with E-state index in [2.05, 4.69) is 0 Å². The second-order valence-corrected chi connectivity index (χ2v) is 5.18. The number of esters is 1. The number of carbonyl (C=O) groups excluding carboxylic acids is 1. The molecule has 1 aromatic carbocycles. The first kappa shape index (κ1) is 13.1. The average Bonchev–Trinajstić information content (AvgIpc) is 3.24. The molecule has 0 spiro atoms. The van der Waals surface area contributed by atoms with Crippen LogP contribution in [0.3, 0.4) is 0 Å². The number of halogens is 2. The molecule has 0 saturated heterocycles. The minimum absolute atomic E-state index is 0.0756. The van der Waals surface area contributed by atoms with Crippen LogP contribution in [0.15, 0.2) is 23.0 Å². The largest absolute Gasteiger partial charge is 0.464 e. The highest BCUT2D eigenvalue weighted by atomic mass is 35.5. The number of hydrogen-bond donors (Lipinski definition) is 0. The summed E-state index contributed by atoms with van der Waals surface area (Å²) >= 11 is 5.80. The molecule has 0 radical (unpaired) electrons. The van der Waals surface area contributed by atoms with E-state index in [4.69, 9.17) is 16.3 Å². The molecule has 1 fully saturated rings. The second-order valence-electron chi connectivity index (χ2n) is 4.77. The van der Waals surface area contributed by atoms with Crippen molar-refractivity contribution in [3.8, 4) is 0 Å². The highest BCUT2D eigenvalue weighted by Crippen LogP contribution is 2.38. The van der Waals surface area contributed by atoms with Gasteiger partial charge in [-0.15, -0.1) is 0 Å². The monoisotopic (exact) mass is 295 g/mol. The summed E-state index contributed by atoms with van der Waals surface area (Å²) in [4.78, 5) is 23.9. The van der Waals surface area contributed by atoms with Crippen molar-refractivity contribution in [2.45, 2.75) is 18.9 Å². The van der Waals surface area contributed by atoms with Gasteiger partial charge >= 0.3 is 5.97 Å². The Balaban J connectivity index is 2.42. The number of methoxy groups -OCH3 is 1. The molecule has 0 atom stereocenters. The number of ether oxygens (including phenoxy) is 1. The summed E-state index contributed by atoms with van der Waals surface area (Å²) in [6.07, 6.45) is 1.80. The van der Waals surface area contributed by atoms with Crippen molar-refractivity contribution in [2.24, 2.45) is 0 Å². The highest BCUT2D eigenvalue weighted by Gasteiger charge is 2.29. The first-order chi connectivity index (χ1) is 9.52. The zero-order valence-electron chi connectivity index (χ0n) is 10.7. The van der Waals surface area contributed by atoms with Crippen molar-refractivity contribution >= 4 is 28.5 Å². The fraction of sp³-hybridized carbons (Fsp3) is 0.286. The van der Waals surface area contributed by atoms with Crippen molar-refractivity contribution in [2.75, 3.05) is 7.11 Å². The third kappa shape index (κ3) is 1.98. The molecular formula is C14H11ClFNO3. The fourth-order valence-electron chi connectivity index (χ4n) is 2.32. The molecule has 0 N–H and O–H groups in total. The second kappa shape index (κ2) is 4.59. The lowest BCUT2D eigenvalue weighted by Gasteiger charge is -2.15. The van der Waals surface area contributed by atoms with E-state index in [1.165, 1.54) is 19.2 Å². The van der Waals surface area contributed by atoms with Gasteiger partial charge in [0.2, 0.25) is 0 Å². The molecular weight excluding hydrogens is 285 g/mol. The quantitative estimate of drug-likeness (QED) is 0.800. The van der Waals surface area contributed by atoms with Crippen molar-refractivity contribution in [1.29, 1.82) is 0 Å².